The zero-order valence-electron chi connectivity index (χ0n) is 7.88. The molecule has 0 aromatic rings. The van der Waals surface area contributed by atoms with Crippen LogP contribution >= 0.6 is 0 Å². The van der Waals surface area contributed by atoms with Crippen LogP contribution in [-0.2, 0) is 0 Å². The molecule has 13 heavy (non-hydrogen) atoms. The second-order valence-corrected chi connectivity index (χ2v) is 3.49. The average molecular weight is 190 g/mol. The van der Waals surface area contributed by atoms with Gasteiger partial charge in [-0.1, -0.05) is 18.3 Å². The van der Waals surface area contributed by atoms with Crippen LogP contribution in [0.1, 0.15) is 32.1 Å². The van der Waals surface area contributed by atoms with Crippen LogP contribution in [0, 0.1) is 0 Å². The van der Waals surface area contributed by atoms with Gasteiger partial charge in [-0.05, 0) is 25.7 Å². The summed E-state index contributed by atoms with van der Waals surface area (Å²) in [7, 11) is 1.81. The van der Waals surface area contributed by atoms with E-state index < -0.39 is 6.18 Å². The van der Waals surface area contributed by atoms with Gasteiger partial charge < -0.3 is 0 Å². The second-order valence-electron chi connectivity index (χ2n) is 3.49. The molecule has 0 bridgehead atoms. The Kier molecular flexibility index (Phi) is 3.45. The predicted molar refractivity (Wildman–Crippen MR) is 49.5 cm³/mol. The topological polar surface area (TPSA) is 0 Å². The monoisotopic (exact) mass is 190 g/mol. The molecule has 74 valence electrons. The summed E-state index contributed by atoms with van der Waals surface area (Å²) in [5.74, 6) is 0. The summed E-state index contributed by atoms with van der Waals surface area (Å²) in [6.45, 7) is 0. The van der Waals surface area contributed by atoms with E-state index in [0.29, 0.717) is 24.7 Å². The van der Waals surface area contributed by atoms with E-state index in [2.05, 4.69) is 0 Å². The van der Waals surface area contributed by atoms with Gasteiger partial charge in [-0.25, -0.2) is 0 Å². The van der Waals surface area contributed by atoms with Gasteiger partial charge in [0.05, 0.1) is 0 Å². The van der Waals surface area contributed by atoms with E-state index in [1.54, 1.807) is 0 Å². The summed E-state index contributed by atoms with van der Waals surface area (Å²) in [5.41, 5.74) is 0.387. The zero-order valence-corrected chi connectivity index (χ0v) is 7.88. The Bertz CT molecular complexity index is 205. The van der Waals surface area contributed by atoms with Crippen LogP contribution in [0.4, 0.5) is 13.2 Å². The molecule has 0 aromatic heterocycles. The molecule has 1 aliphatic rings. The average Bonchev–Trinajstić information content (AvgIpc) is 2.26. The van der Waals surface area contributed by atoms with Gasteiger partial charge in [-0.15, -0.1) is 0 Å². The minimum Gasteiger partial charge on any atom is -0.166 e. The molecule has 0 spiro atoms. The van der Waals surface area contributed by atoms with Crippen molar-refractivity contribution < 1.29 is 13.2 Å². The highest BCUT2D eigenvalue weighted by atomic mass is 19.4. The molecular weight excluding hydrogens is 176 g/mol. The summed E-state index contributed by atoms with van der Waals surface area (Å²) in [6, 6.07) is 0. The molecule has 0 N–H and O–H groups in total. The standard InChI is InChI=1S/C9H14BF3/c10-6-7-4-2-1-3-5-8(7)9(11,12)13/h1-6,10H2. The Morgan fingerprint density at radius 1 is 1.08 bits per heavy atom. The van der Waals surface area contributed by atoms with Crippen molar-refractivity contribution >= 4 is 7.85 Å². The van der Waals surface area contributed by atoms with Gasteiger partial charge in [0.2, 0.25) is 0 Å². The minimum absolute atomic E-state index is 0.229. The maximum absolute atomic E-state index is 12.5. The Labute approximate surface area is 77.6 Å². The van der Waals surface area contributed by atoms with E-state index in [4.69, 9.17) is 0 Å². The second kappa shape index (κ2) is 4.20. The molecule has 0 aromatic carbocycles. The first kappa shape index (κ1) is 10.7. The fraction of sp³-hybridized carbons (Fsp3) is 0.778. The van der Waals surface area contributed by atoms with Crippen molar-refractivity contribution in [3.05, 3.63) is 11.1 Å². The van der Waals surface area contributed by atoms with Crippen molar-refractivity contribution in [1.82, 2.24) is 0 Å². The smallest absolute Gasteiger partial charge is 0.166 e. The molecule has 0 amide bonds. The van der Waals surface area contributed by atoms with Crippen molar-refractivity contribution in [2.45, 2.75) is 44.6 Å². The van der Waals surface area contributed by atoms with Gasteiger partial charge in [0.15, 0.2) is 0 Å². The first-order valence-corrected chi connectivity index (χ1v) is 4.83. The zero-order chi connectivity index (χ0) is 9.90. The minimum atomic E-state index is -4.09. The van der Waals surface area contributed by atoms with Crippen LogP contribution in [0.25, 0.3) is 0 Å². The van der Waals surface area contributed by atoms with Crippen LogP contribution < -0.4 is 0 Å². The van der Waals surface area contributed by atoms with Crippen LogP contribution in [0.3, 0.4) is 0 Å². The highest BCUT2D eigenvalue weighted by Gasteiger charge is 2.35. The van der Waals surface area contributed by atoms with E-state index in [1.807, 2.05) is 7.85 Å². The van der Waals surface area contributed by atoms with E-state index in [9.17, 15) is 13.2 Å². The van der Waals surface area contributed by atoms with E-state index in [-0.39, 0.29) is 12.0 Å². The summed E-state index contributed by atoms with van der Waals surface area (Å²) in [6.07, 6.45) is -0.118. The molecule has 0 atom stereocenters. The number of hydrogen-bond donors (Lipinski definition) is 0. The van der Waals surface area contributed by atoms with E-state index >= 15 is 0 Å². The number of hydrogen-bond acceptors (Lipinski definition) is 0. The quantitative estimate of drug-likeness (QED) is 0.440. The van der Waals surface area contributed by atoms with Crippen molar-refractivity contribution in [2.24, 2.45) is 0 Å². The molecule has 0 fully saturated rings. The maximum Gasteiger partial charge on any atom is 0.412 e. The van der Waals surface area contributed by atoms with Crippen LogP contribution in [0.5, 0.6) is 0 Å². The third kappa shape index (κ3) is 2.78. The molecular formula is C9H14BF3. The molecule has 0 heterocycles. The number of alkyl halides is 3. The van der Waals surface area contributed by atoms with Gasteiger partial charge in [0, 0.05) is 5.57 Å². The summed E-state index contributed by atoms with van der Waals surface area (Å²) < 4.78 is 37.5. The van der Waals surface area contributed by atoms with Gasteiger partial charge in [-0.2, -0.15) is 13.2 Å². The first-order chi connectivity index (χ1) is 6.05. The Balaban J connectivity index is 2.89. The fourth-order valence-corrected chi connectivity index (χ4v) is 1.88. The molecule has 1 aliphatic carbocycles. The Hall–Kier alpha value is -0.405. The molecule has 4 heteroatoms. The SMILES string of the molecule is BCC1=C(C(F)(F)F)CCCCC1. The van der Waals surface area contributed by atoms with Crippen molar-refractivity contribution in [3.63, 3.8) is 0 Å². The largest absolute Gasteiger partial charge is 0.412 e. The summed E-state index contributed by atoms with van der Waals surface area (Å²) >= 11 is 0. The lowest BCUT2D eigenvalue weighted by molar-refractivity contribution is -0.0948. The maximum atomic E-state index is 12.5. The van der Waals surface area contributed by atoms with Gasteiger partial charge in [-0.3, -0.25) is 0 Å². The molecule has 0 aliphatic heterocycles. The van der Waals surface area contributed by atoms with Crippen molar-refractivity contribution in [2.75, 3.05) is 0 Å². The Morgan fingerprint density at radius 2 is 1.69 bits per heavy atom. The van der Waals surface area contributed by atoms with Gasteiger partial charge in [0.25, 0.3) is 0 Å². The molecule has 0 saturated carbocycles. The van der Waals surface area contributed by atoms with Crippen molar-refractivity contribution in [1.29, 1.82) is 0 Å². The van der Waals surface area contributed by atoms with E-state index in [0.717, 1.165) is 12.8 Å². The number of rotatable bonds is 1. The highest BCUT2D eigenvalue weighted by Crippen LogP contribution is 2.36. The number of allylic oxidation sites excluding steroid dienone is 2. The van der Waals surface area contributed by atoms with Crippen molar-refractivity contribution in [3.8, 4) is 0 Å². The van der Waals surface area contributed by atoms with Crippen LogP contribution in [0.15, 0.2) is 11.1 Å². The Morgan fingerprint density at radius 3 is 2.23 bits per heavy atom. The molecule has 0 saturated heterocycles. The third-order valence-corrected chi connectivity index (χ3v) is 2.60. The lowest BCUT2D eigenvalue weighted by Crippen LogP contribution is -2.14. The molecule has 0 nitrogen and oxygen atoms in total. The third-order valence-electron chi connectivity index (χ3n) is 2.60. The first-order valence-electron chi connectivity index (χ1n) is 4.83. The molecule has 1 rings (SSSR count). The van der Waals surface area contributed by atoms with Gasteiger partial charge in [0.1, 0.15) is 7.85 Å². The predicted octanol–water partition coefficient (Wildman–Crippen LogP) is 2.86. The van der Waals surface area contributed by atoms with Crippen LogP contribution in [0.2, 0.25) is 6.32 Å². The lowest BCUT2D eigenvalue weighted by Gasteiger charge is -2.14. The molecule has 0 unspecified atom stereocenters. The fourth-order valence-electron chi connectivity index (χ4n) is 1.88. The highest BCUT2D eigenvalue weighted by molar-refractivity contribution is 6.10. The normalized spacial score (nSPS) is 20.2. The summed E-state index contributed by atoms with van der Waals surface area (Å²) in [4.78, 5) is 0. The molecule has 0 radical (unpaired) electrons. The summed E-state index contributed by atoms with van der Waals surface area (Å²) in [5, 5.41) is 0. The van der Waals surface area contributed by atoms with Crippen LogP contribution in [-0.4, -0.2) is 14.0 Å². The van der Waals surface area contributed by atoms with E-state index in [1.165, 1.54) is 0 Å². The number of halogens is 3. The lowest BCUT2D eigenvalue weighted by atomic mass is 9.90. The van der Waals surface area contributed by atoms with Gasteiger partial charge >= 0.3 is 6.18 Å².